The van der Waals surface area contributed by atoms with Gasteiger partial charge < -0.3 is 20.3 Å². The zero-order valence-electron chi connectivity index (χ0n) is 14.4. The van der Waals surface area contributed by atoms with Gasteiger partial charge in [-0.15, -0.1) is 22.6 Å². The van der Waals surface area contributed by atoms with Crippen molar-refractivity contribution in [3.63, 3.8) is 0 Å². The largest absolute Gasteiger partial charge is 0.391 e. The topological polar surface area (TPSA) is 97.3 Å². The molecule has 136 valence electrons. The number of aliphatic hydroxyl groups is 1. The van der Waals surface area contributed by atoms with Gasteiger partial charge in [0.1, 0.15) is 11.9 Å². The van der Waals surface area contributed by atoms with Gasteiger partial charge >= 0.3 is 0 Å². The van der Waals surface area contributed by atoms with Crippen molar-refractivity contribution < 1.29 is 9.90 Å². The number of nitrogens with two attached hydrogens (primary N) is 1. The Balaban J connectivity index is 0.00000225. The van der Waals surface area contributed by atoms with Crippen molar-refractivity contribution in [2.24, 2.45) is 5.73 Å². The first-order chi connectivity index (χ1) is 11.5. The first-order valence-electron chi connectivity index (χ1n) is 8.14. The molecule has 1 aliphatic rings. The molecule has 7 nitrogen and oxygen atoms in total. The predicted octanol–water partition coefficient (Wildman–Crippen LogP) is 0.842. The summed E-state index contributed by atoms with van der Waals surface area (Å²) < 4.78 is 2.10. The quantitative estimate of drug-likeness (QED) is 0.836. The Hall–Kier alpha value is -1.96. The Morgan fingerprint density at radius 3 is 2.68 bits per heavy atom. The van der Waals surface area contributed by atoms with E-state index in [-0.39, 0.29) is 24.4 Å². The Labute approximate surface area is 153 Å². The van der Waals surface area contributed by atoms with Crippen molar-refractivity contribution in [1.29, 1.82) is 0 Å². The molecular formula is C17H24ClN5O2. The zero-order valence-corrected chi connectivity index (χ0v) is 15.2. The van der Waals surface area contributed by atoms with Crippen LogP contribution in [0.5, 0.6) is 0 Å². The highest BCUT2D eigenvalue weighted by molar-refractivity contribution is 5.85. The highest BCUT2D eigenvalue weighted by atomic mass is 35.5. The van der Waals surface area contributed by atoms with Crippen LogP contribution in [0.1, 0.15) is 30.2 Å². The normalized spacial score (nSPS) is 18.9. The molecule has 0 saturated heterocycles. The van der Waals surface area contributed by atoms with Gasteiger partial charge in [0, 0.05) is 6.54 Å². The molecule has 0 bridgehead atoms. The molecule has 0 fully saturated rings. The molecule has 3 atom stereocenters. The molecule has 8 heteroatoms. The maximum absolute atomic E-state index is 12.5. The molecule has 1 aromatic carbocycles. The van der Waals surface area contributed by atoms with Crippen molar-refractivity contribution in [3.05, 3.63) is 47.5 Å². The van der Waals surface area contributed by atoms with Crippen molar-refractivity contribution in [3.8, 4) is 0 Å². The monoisotopic (exact) mass is 365 g/mol. The van der Waals surface area contributed by atoms with Gasteiger partial charge in [-0.25, -0.2) is 0 Å². The van der Waals surface area contributed by atoms with E-state index in [2.05, 4.69) is 26.9 Å². The van der Waals surface area contributed by atoms with Gasteiger partial charge in [-0.3, -0.25) is 4.79 Å². The summed E-state index contributed by atoms with van der Waals surface area (Å²) in [5, 5.41) is 18.0. The number of hydrogen-bond acceptors (Lipinski definition) is 5. The second kappa shape index (κ2) is 7.95. The maximum atomic E-state index is 12.5. The molecule has 1 amide bonds. The Morgan fingerprint density at radius 1 is 1.36 bits per heavy atom. The van der Waals surface area contributed by atoms with Crippen LogP contribution in [0.15, 0.2) is 30.3 Å². The van der Waals surface area contributed by atoms with Crippen molar-refractivity contribution in [1.82, 2.24) is 19.7 Å². The molecule has 0 aliphatic carbocycles. The lowest BCUT2D eigenvalue weighted by Crippen LogP contribution is -2.52. The van der Waals surface area contributed by atoms with E-state index in [1.54, 1.807) is 4.90 Å². The lowest BCUT2D eigenvalue weighted by atomic mass is 10.0. The molecular weight excluding hydrogens is 342 g/mol. The number of benzene rings is 1. The van der Waals surface area contributed by atoms with Crippen LogP contribution in [0.25, 0.3) is 0 Å². The van der Waals surface area contributed by atoms with Crippen LogP contribution < -0.4 is 5.73 Å². The number of aromatic nitrogens is 3. The van der Waals surface area contributed by atoms with Crippen LogP contribution in [0.4, 0.5) is 0 Å². The minimum atomic E-state index is -0.919. The summed E-state index contributed by atoms with van der Waals surface area (Å²) in [6.45, 7) is 4.35. The van der Waals surface area contributed by atoms with Gasteiger partial charge in [0.15, 0.2) is 5.82 Å². The first-order valence-corrected chi connectivity index (χ1v) is 8.14. The van der Waals surface area contributed by atoms with E-state index >= 15 is 0 Å². The molecule has 3 N–H and O–H groups in total. The molecule has 1 aliphatic heterocycles. The highest BCUT2D eigenvalue weighted by Gasteiger charge is 2.33. The lowest BCUT2D eigenvalue weighted by molar-refractivity contribution is -0.137. The fourth-order valence-corrected chi connectivity index (χ4v) is 3.19. The van der Waals surface area contributed by atoms with E-state index in [1.807, 2.05) is 25.1 Å². The molecule has 2 aromatic rings. The van der Waals surface area contributed by atoms with E-state index in [9.17, 15) is 9.90 Å². The number of hydrogen-bond donors (Lipinski definition) is 2. The van der Waals surface area contributed by atoms with Crippen LogP contribution in [-0.4, -0.2) is 49.4 Å². The molecule has 0 spiro atoms. The summed E-state index contributed by atoms with van der Waals surface area (Å²) in [7, 11) is 0. The van der Waals surface area contributed by atoms with E-state index in [0.29, 0.717) is 13.1 Å². The summed E-state index contributed by atoms with van der Waals surface area (Å²) in [6.07, 6.45) is -0.105. The lowest BCUT2D eigenvalue weighted by Gasteiger charge is -2.36. The van der Waals surface area contributed by atoms with Crippen molar-refractivity contribution in [2.45, 2.75) is 45.0 Å². The smallest absolute Gasteiger partial charge is 0.242 e. The van der Waals surface area contributed by atoms with E-state index in [4.69, 9.17) is 5.73 Å². The number of rotatable bonds is 4. The first kappa shape index (κ1) is 19.4. The molecule has 25 heavy (non-hydrogen) atoms. The van der Waals surface area contributed by atoms with Gasteiger partial charge in [-0.2, -0.15) is 0 Å². The summed E-state index contributed by atoms with van der Waals surface area (Å²) in [6, 6.07) is 9.27. The van der Waals surface area contributed by atoms with Gasteiger partial charge in [0.2, 0.25) is 5.91 Å². The SMILES string of the molecule is Cc1nnc2n1[C@H](Cc1ccccc1)CN(C(=O)[C@@H](N)[C@@H](C)O)C2.Cl. The third-order valence-electron chi connectivity index (χ3n) is 4.50. The number of carbonyl (C=O) groups is 1. The molecule has 2 heterocycles. The maximum Gasteiger partial charge on any atom is 0.242 e. The third kappa shape index (κ3) is 4.00. The zero-order chi connectivity index (χ0) is 17.3. The fraction of sp³-hybridized carbons (Fsp3) is 0.471. The number of aryl methyl sites for hydroxylation is 1. The van der Waals surface area contributed by atoms with Crippen molar-refractivity contribution >= 4 is 18.3 Å². The summed E-state index contributed by atoms with van der Waals surface area (Å²) in [5.74, 6) is 1.35. The van der Waals surface area contributed by atoms with Crippen molar-refractivity contribution in [2.75, 3.05) is 6.54 Å². The summed E-state index contributed by atoms with van der Waals surface area (Å²) in [4.78, 5) is 14.2. The minimum absolute atomic E-state index is 0. The average molecular weight is 366 g/mol. The van der Waals surface area contributed by atoms with Gasteiger partial charge in [0.25, 0.3) is 0 Å². The Kier molecular flexibility index (Phi) is 6.16. The molecule has 0 saturated carbocycles. The number of carbonyl (C=O) groups excluding carboxylic acids is 1. The van der Waals surface area contributed by atoms with E-state index in [1.165, 1.54) is 12.5 Å². The predicted molar refractivity (Wildman–Crippen MR) is 96.3 cm³/mol. The summed E-state index contributed by atoms with van der Waals surface area (Å²) in [5.41, 5.74) is 7.02. The standard InChI is InChI=1S/C17H23N5O2.ClH/c1-11(23)16(18)17(24)21-9-14(8-13-6-4-3-5-7-13)22-12(2)19-20-15(22)10-21;/h3-7,11,14,16,23H,8-10,18H2,1-2H3;1H/t11-,14-,16+;/m1./s1. The fourth-order valence-electron chi connectivity index (χ4n) is 3.19. The van der Waals surface area contributed by atoms with E-state index in [0.717, 1.165) is 18.1 Å². The van der Waals surface area contributed by atoms with Gasteiger partial charge in [-0.1, -0.05) is 30.3 Å². The van der Waals surface area contributed by atoms with Gasteiger partial charge in [-0.05, 0) is 25.8 Å². The van der Waals surface area contributed by atoms with Crippen LogP contribution in [0.3, 0.4) is 0 Å². The number of amides is 1. The van der Waals surface area contributed by atoms with Gasteiger partial charge in [0.05, 0.1) is 18.7 Å². The second-order valence-electron chi connectivity index (χ2n) is 6.36. The molecule has 0 radical (unpaired) electrons. The third-order valence-corrected chi connectivity index (χ3v) is 4.50. The summed E-state index contributed by atoms with van der Waals surface area (Å²) >= 11 is 0. The minimum Gasteiger partial charge on any atom is -0.391 e. The highest BCUT2D eigenvalue weighted by Crippen LogP contribution is 2.25. The molecule has 0 unspecified atom stereocenters. The Morgan fingerprint density at radius 2 is 2.04 bits per heavy atom. The average Bonchev–Trinajstić information content (AvgIpc) is 2.95. The number of nitrogens with zero attached hydrogens (tertiary/aromatic N) is 4. The van der Waals surface area contributed by atoms with Crippen LogP contribution >= 0.6 is 12.4 Å². The molecule has 1 aromatic heterocycles. The van der Waals surface area contributed by atoms with Crippen LogP contribution in [0, 0.1) is 6.92 Å². The Bertz CT molecular complexity index is 719. The number of aliphatic hydroxyl groups excluding tert-OH is 1. The second-order valence-corrected chi connectivity index (χ2v) is 6.36. The number of halogens is 1. The molecule has 3 rings (SSSR count). The van der Waals surface area contributed by atoms with Crippen LogP contribution in [-0.2, 0) is 17.8 Å². The van der Waals surface area contributed by atoms with E-state index < -0.39 is 12.1 Å². The van der Waals surface area contributed by atoms with Crippen LogP contribution in [0.2, 0.25) is 0 Å². The number of fused-ring (bicyclic) bond motifs is 1.